The number of carbonyl (C=O) groups excluding carboxylic acids is 1. The van der Waals surface area contributed by atoms with Crippen LogP contribution in [0.3, 0.4) is 0 Å². The van der Waals surface area contributed by atoms with Gasteiger partial charge in [0.15, 0.2) is 17.5 Å². The van der Waals surface area contributed by atoms with Crippen molar-refractivity contribution in [3.63, 3.8) is 0 Å². The molecule has 0 radical (unpaired) electrons. The summed E-state index contributed by atoms with van der Waals surface area (Å²) in [6, 6.07) is 16.3. The van der Waals surface area contributed by atoms with Crippen molar-refractivity contribution in [2.45, 2.75) is 20.0 Å². The first-order chi connectivity index (χ1) is 11.2. The molecule has 2 bridgehead atoms. The molecule has 0 aliphatic heterocycles. The van der Waals surface area contributed by atoms with E-state index in [9.17, 15) is 4.79 Å². The summed E-state index contributed by atoms with van der Waals surface area (Å²) >= 11 is 1.39. The van der Waals surface area contributed by atoms with Gasteiger partial charge in [-0.05, 0) is 48.2 Å². The second kappa shape index (κ2) is 5.36. The minimum absolute atomic E-state index is 0.0200. The zero-order chi connectivity index (χ0) is 16.0. The lowest BCUT2D eigenvalue weighted by Gasteiger charge is -2.36. The van der Waals surface area contributed by atoms with Gasteiger partial charge in [-0.3, -0.25) is 4.79 Å². The van der Waals surface area contributed by atoms with E-state index < -0.39 is 0 Å². The van der Waals surface area contributed by atoms with Gasteiger partial charge in [0.05, 0.1) is 4.88 Å². The molecule has 114 valence electrons. The Bertz CT molecular complexity index is 887. The molecule has 0 fully saturated rings. The van der Waals surface area contributed by atoms with Crippen LogP contribution in [0.1, 0.15) is 38.0 Å². The fourth-order valence-corrected chi connectivity index (χ4v) is 4.07. The van der Waals surface area contributed by atoms with Crippen molar-refractivity contribution in [1.29, 1.82) is 0 Å². The van der Waals surface area contributed by atoms with E-state index in [4.69, 9.17) is 4.74 Å². The first kappa shape index (κ1) is 14.2. The van der Waals surface area contributed by atoms with E-state index in [1.54, 1.807) is 6.07 Å². The summed E-state index contributed by atoms with van der Waals surface area (Å²) in [7, 11) is 0. The minimum Gasteiger partial charge on any atom is -0.471 e. The Hall–Kier alpha value is -2.39. The molecule has 2 nitrogen and oxygen atoms in total. The second-order valence-electron chi connectivity index (χ2n) is 5.83. The fourth-order valence-electron chi connectivity index (χ4n) is 3.37. The third-order valence-corrected chi connectivity index (χ3v) is 5.35. The quantitative estimate of drug-likeness (QED) is 0.608. The summed E-state index contributed by atoms with van der Waals surface area (Å²) in [6.07, 6.45) is 0.845. The molecule has 2 aliphatic rings. The molecule has 0 spiro atoms. The Morgan fingerprint density at radius 2 is 1.83 bits per heavy atom. The van der Waals surface area contributed by atoms with Gasteiger partial charge in [-0.2, -0.15) is 0 Å². The van der Waals surface area contributed by atoms with Gasteiger partial charge in [-0.25, -0.2) is 0 Å². The number of fused-ring (bicyclic) bond motifs is 2. The molecule has 0 amide bonds. The predicted octanol–water partition coefficient (Wildman–Crippen LogP) is 5.33. The van der Waals surface area contributed by atoms with Crippen LogP contribution in [-0.4, -0.2) is 6.29 Å². The van der Waals surface area contributed by atoms with Gasteiger partial charge < -0.3 is 4.74 Å². The first-order valence-corrected chi connectivity index (χ1v) is 8.42. The number of thiophene rings is 1. The standard InChI is InChI=1S/C20H16O2S/c1-12-10-16(14-6-4-3-5-7-14)19-13(2)18(12)20(19)22-17-9-8-15(11-21)23-17/h3-11,20H,1-2H3. The summed E-state index contributed by atoms with van der Waals surface area (Å²) in [4.78, 5) is 11.5. The smallest absolute Gasteiger partial charge is 0.175 e. The number of aryl methyl sites for hydroxylation is 2. The normalized spacial score (nSPS) is 15.1. The maximum atomic E-state index is 10.9. The highest BCUT2D eigenvalue weighted by atomic mass is 32.1. The molecule has 3 heteroatoms. The van der Waals surface area contributed by atoms with Crippen LogP contribution in [0.2, 0.25) is 0 Å². The number of ether oxygens (including phenoxy) is 1. The Balaban J connectivity index is 1.74. The summed E-state index contributed by atoms with van der Waals surface area (Å²) in [5.74, 6) is 0. The monoisotopic (exact) mass is 320 g/mol. The van der Waals surface area contributed by atoms with Crippen molar-refractivity contribution < 1.29 is 9.53 Å². The number of aldehydes is 1. The van der Waals surface area contributed by atoms with Crippen molar-refractivity contribution in [1.82, 2.24) is 0 Å². The largest absolute Gasteiger partial charge is 0.471 e. The van der Waals surface area contributed by atoms with Gasteiger partial charge in [-0.15, -0.1) is 0 Å². The van der Waals surface area contributed by atoms with Gasteiger partial charge in [0, 0.05) is 11.1 Å². The van der Waals surface area contributed by atoms with Gasteiger partial charge in [-0.1, -0.05) is 47.7 Å². The Morgan fingerprint density at radius 1 is 1.04 bits per heavy atom. The van der Waals surface area contributed by atoms with Crippen molar-refractivity contribution in [2.24, 2.45) is 0 Å². The number of hydrogen-bond donors (Lipinski definition) is 0. The molecule has 2 aliphatic carbocycles. The molecule has 1 heterocycles. The molecule has 1 aromatic heterocycles. The average molecular weight is 320 g/mol. The van der Waals surface area contributed by atoms with E-state index in [-0.39, 0.29) is 6.10 Å². The summed E-state index contributed by atoms with van der Waals surface area (Å²) in [6.45, 7) is 4.30. The summed E-state index contributed by atoms with van der Waals surface area (Å²) in [5.41, 5.74) is 7.58. The maximum Gasteiger partial charge on any atom is 0.175 e. The summed E-state index contributed by atoms with van der Waals surface area (Å²) in [5, 5.41) is 0.793. The van der Waals surface area contributed by atoms with Crippen molar-refractivity contribution >= 4 is 17.6 Å². The Kier molecular flexibility index (Phi) is 3.31. The van der Waals surface area contributed by atoms with Crippen LogP contribution in [0.15, 0.2) is 48.5 Å². The molecule has 1 unspecified atom stereocenters. The van der Waals surface area contributed by atoms with Gasteiger partial charge in [0.25, 0.3) is 0 Å². The second-order valence-corrected chi connectivity index (χ2v) is 6.91. The van der Waals surface area contributed by atoms with E-state index in [1.807, 2.05) is 12.1 Å². The van der Waals surface area contributed by atoms with E-state index in [0.29, 0.717) is 4.88 Å². The number of rotatable bonds is 4. The SMILES string of the molecule is Cc1cc(-c2ccccc2)c2c(C)c1C2Oc1ccc(C=O)s1. The number of hydrogen-bond acceptors (Lipinski definition) is 3. The van der Waals surface area contributed by atoms with Gasteiger partial charge in [0.2, 0.25) is 0 Å². The Morgan fingerprint density at radius 3 is 2.48 bits per heavy atom. The third-order valence-electron chi connectivity index (χ3n) is 4.45. The molecular weight excluding hydrogens is 304 g/mol. The predicted molar refractivity (Wildman–Crippen MR) is 93.5 cm³/mol. The highest BCUT2D eigenvalue weighted by Crippen LogP contribution is 2.49. The van der Waals surface area contributed by atoms with Crippen LogP contribution in [0.4, 0.5) is 0 Å². The van der Waals surface area contributed by atoms with Crippen LogP contribution >= 0.6 is 11.3 Å². The Labute approximate surface area is 139 Å². The molecule has 0 saturated heterocycles. The van der Waals surface area contributed by atoms with Gasteiger partial charge in [0.1, 0.15) is 0 Å². The van der Waals surface area contributed by atoms with Crippen molar-refractivity contribution in [2.75, 3.05) is 0 Å². The lowest BCUT2D eigenvalue weighted by Crippen LogP contribution is -2.24. The molecule has 3 aromatic rings. The van der Waals surface area contributed by atoms with Gasteiger partial charge >= 0.3 is 0 Å². The van der Waals surface area contributed by atoms with Crippen molar-refractivity contribution in [3.8, 4) is 16.2 Å². The van der Waals surface area contributed by atoms with E-state index >= 15 is 0 Å². The minimum atomic E-state index is -0.0200. The lowest BCUT2D eigenvalue weighted by atomic mass is 9.74. The van der Waals surface area contributed by atoms with E-state index in [2.05, 4.69) is 44.2 Å². The van der Waals surface area contributed by atoms with E-state index in [0.717, 1.165) is 11.3 Å². The van der Waals surface area contributed by atoms with E-state index in [1.165, 1.54) is 44.7 Å². The number of carbonyl (C=O) groups is 1. The van der Waals surface area contributed by atoms with Crippen LogP contribution in [0, 0.1) is 13.8 Å². The van der Waals surface area contributed by atoms with Crippen LogP contribution in [-0.2, 0) is 0 Å². The molecule has 23 heavy (non-hydrogen) atoms. The fraction of sp³-hybridized carbons (Fsp3) is 0.150. The topological polar surface area (TPSA) is 26.3 Å². The zero-order valence-corrected chi connectivity index (χ0v) is 13.8. The van der Waals surface area contributed by atoms with Crippen LogP contribution in [0.25, 0.3) is 11.1 Å². The molecule has 0 saturated carbocycles. The maximum absolute atomic E-state index is 10.9. The highest BCUT2D eigenvalue weighted by molar-refractivity contribution is 7.15. The molecule has 5 rings (SSSR count). The lowest BCUT2D eigenvalue weighted by molar-refractivity contribution is 0.112. The van der Waals surface area contributed by atoms with Crippen LogP contribution in [0.5, 0.6) is 5.06 Å². The highest BCUT2D eigenvalue weighted by Gasteiger charge is 2.36. The molecular formula is C20H16O2S. The molecule has 0 N–H and O–H groups in total. The van der Waals surface area contributed by atoms with Crippen molar-refractivity contribution in [3.05, 3.63) is 75.7 Å². The molecule has 2 aromatic carbocycles. The molecule has 1 atom stereocenters. The first-order valence-electron chi connectivity index (χ1n) is 7.60. The third kappa shape index (κ3) is 2.20. The zero-order valence-electron chi connectivity index (χ0n) is 13.0. The number of benzene rings is 2. The average Bonchev–Trinajstić information content (AvgIpc) is 3.03. The summed E-state index contributed by atoms with van der Waals surface area (Å²) < 4.78 is 6.20. The van der Waals surface area contributed by atoms with Crippen LogP contribution < -0.4 is 4.74 Å².